The Kier molecular flexibility index (Phi) is 6.00. The molecule has 0 N–H and O–H groups in total. The zero-order chi connectivity index (χ0) is 21.1. The molecule has 0 saturated carbocycles. The summed E-state index contributed by atoms with van der Waals surface area (Å²) in [4.78, 5) is 27.1. The van der Waals surface area contributed by atoms with Crippen LogP contribution in [0.15, 0.2) is 42.5 Å². The average molecular weight is 428 g/mol. The number of halogens is 1. The van der Waals surface area contributed by atoms with Crippen LogP contribution in [0.5, 0.6) is 11.5 Å². The topological polar surface area (TPSA) is 55.8 Å². The van der Waals surface area contributed by atoms with Crippen molar-refractivity contribution >= 4 is 23.3 Å². The predicted molar refractivity (Wildman–Crippen MR) is 115 cm³/mol. The third kappa shape index (κ3) is 4.46. The smallest absolute Gasteiger partial charge is 0.222 e. The molecule has 0 aliphatic carbocycles. The molecule has 0 atom stereocenters. The second kappa shape index (κ2) is 8.68. The number of amides is 1. The molecule has 2 aliphatic heterocycles. The van der Waals surface area contributed by atoms with Gasteiger partial charge < -0.3 is 14.4 Å². The van der Waals surface area contributed by atoms with Crippen molar-refractivity contribution in [1.29, 1.82) is 0 Å². The number of benzene rings is 2. The van der Waals surface area contributed by atoms with Crippen molar-refractivity contribution < 1.29 is 19.1 Å². The maximum atomic E-state index is 12.7. The Morgan fingerprint density at radius 2 is 1.97 bits per heavy atom. The molecule has 0 aromatic heterocycles. The molecule has 0 unspecified atom stereocenters. The summed E-state index contributed by atoms with van der Waals surface area (Å²) in [5, 5.41) is 0.573. The number of nitrogens with zero attached hydrogens (tertiary/aromatic N) is 1. The molecule has 158 valence electrons. The van der Waals surface area contributed by atoms with Gasteiger partial charge in [0.25, 0.3) is 0 Å². The van der Waals surface area contributed by atoms with Crippen LogP contribution in [0.1, 0.15) is 48.0 Å². The third-order valence-corrected chi connectivity index (χ3v) is 6.21. The van der Waals surface area contributed by atoms with E-state index in [0.29, 0.717) is 73.9 Å². The van der Waals surface area contributed by atoms with Gasteiger partial charge in [-0.3, -0.25) is 9.59 Å². The summed E-state index contributed by atoms with van der Waals surface area (Å²) in [5.41, 5.74) is 1.25. The fourth-order valence-corrected chi connectivity index (χ4v) is 4.37. The quantitative estimate of drug-likeness (QED) is 0.641. The molecule has 2 aromatic carbocycles. The molecule has 5 nitrogen and oxygen atoms in total. The summed E-state index contributed by atoms with van der Waals surface area (Å²) >= 11 is 6.07. The number of hydrogen-bond donors (Lipinski definition) is 0. The number of ether oxygens (including phenoxy) is 2. The summed E-state index contributed by atoms with van der Waals surface area (Å²) in [5.74, 6) is 1.57. The van der Waals surface area contributed by atoms with Crippen LogP contribution in [0, 0.1) is 6.92 Å². The summed E-state index contributed by atoms with van der Waals surface area (Å²) in [7, 11) is 0. The number of carbonyl (C=O) groups is 2. The van der Waals surface area contributed by atoms with Gasteiger partial charge in [-0.15, -0.1) is 0 Å². The molecule has 30 heavy (non-hydrogen) atoms. The molecule has 6 heteroatoms. The van der Waals surface area contributed by atoms with E-state index < -0.39 is 5.60 Å². The largest absolute Gasteiger partial charge is 0.492 e. The number of aryl methyl sites for hydroxylation is 1. The number of ketones is 1. The third-order valence-electron chi connectivity index (χ3n) is 5.90. The fourth-order valence-electron chi connectivity index (χ4n) is 4.18. The van der Waals surface area contributed by atoms with E-state index in [0.717, 1.165) is 5.56 Å². The van der Waals surface area contributed by atoms with Gasteiger partial charge in [-0.2, -0.15) is 0 Å². The highest BCUT2D eigenvalue weighted by molar-refractivity contribution is 6.32. The molecule has 2 aromatic rings. The van der Waals surface area contributed by atoms with E-state index in [1.54, 1.807) is 6.07 Å². The van der Waals surface area contributed by atoms with Gasteiger partial charge in [-0.05, 0) is 37.6 Å². The maximum Gasteiger partial charge on any atom is 0.222 e. The van der Waals surface area contributed by atoms with Gasteiger partial charge in [-0.1, -0.05) is 35.4 Å². The molecule has 1 amide bonds. The zero-order valence-electron chi connectivity index (χ0n) is 17.2. The van der Waals surface area contributed by atoms with Crippen LogP contribution in [0.2, 0.25) is 5.02 Å². The molecular formula is C24H26ClNO4. The van der Waals surface area contributed by atoms with Crippen LogP contribution in [-0.4, -0.2) is 41.9 Å². The van der Waals surface area contributed by atoms with E-state index in [9.17, 15) is 9.59 Å². The average Bonchev–Trinajstić information content (AvgIpc) is 2.73. The molecule has 2 aliphatic rings. The van der Waals surface area contributed by atoms with Gasteiger partial charge in [0.2, 0.25) is 5.91 Å². The van der Waals surface area contributed by atoms with E-state index in [1.165, 1.54) is 0 Å². The van der Waals surface area contributed by atoms with Crippen molar-refractivity contribution in [3.63, 3.8) is 0 Å². The Hall–Kier alpha value is -2.53. The van der Waals surface area contributed by atoms with Crippen LogP contribution in [0.25, 0.3) is 0 Å². The second-order valence-corrected chi connectivity index (χ2v) is 8.56. The SMILES string of the molecule is Cc1ccc2c(c1)C(=O)CC1(CCN(C(=O)CCCOc3ccccc3Cl)CC1)O2. The first kappa shape index (κ1) is 20.7. The number of para-hydroxylation sites is 1. The summed E-state index contributed by atoms with van der Waals surface area (Å²) < 4.78 is 11.9. The number of piperidine rings is 1. The highest BCUT2D eigenvalue weighted by Gasteiger charge is 2.43. The van der Waals surface area contributed by atoms with E-state index in [4.69, 9.17) is 21.1 Å². The van der Waals surface area contributed by atoms with E-state index in [-0.39, 0.29) is 11.7 Å². The van der Waals surface area contributed by atoms with E-state index in [1.807, 2.05) is 48.2 Å². The minimum absolute atomic E-state index is 0.116. The summed E-state index contributed by atoms with van der Waals surface area (Å²) in [6.45, 7) is 3.64. The van der Waals surface area contributed by atoms with Gasteiger partial charge in [-0.25, -0.2) is 0 Å². The number of likely N-dealkylation sites (tertiary alicyclic amines) is 1. The van der Waals surface area contributed by atoms with Crippen LogP contribution in [0.3, 0.4) is 0 Å². The molecule has 1 fully saturated rings. The zero-order valence-corrected chi connectivity index (χ0v) is 17.9. The molecule has 4 rings (SSSR count). The van der Waals surface area contributed by atoms with Crippen molar-refractivity contribution in [3.05, 3.63) is 58.6 Å². The van der Waals surface area contributed by atoms with Crippen LogP contribution in [-0.2, 0) is 4.79 Å². The summed E-state index contributed by atoms with van der Waals surface area (Å²) in [6.07, 6.45) is 2.80. The Morgan fingerprint density at radius 3 is 2.73 bits per heavy atom. The van der Waals surface area contributed by atoms with Crippen molar-refractivity contribution in [2.45, 2.75) is 44.6 Å². The van der Waals surface area contributed by atoms with E-state index in [2.05, 4.69) is 0 Å². The van der Waals surface area contributed by atoms with Crippen molar-refractivity contribution in [2.75, 3.05) is 19.7 Å². The van der Waals surface area contributed by atoms with Crippen LogP contribution >= 0.6 is 11.6 Å². The van der Waals surface area contributed by atoms with Crippen molar-refractivity contribution in [3.8, 4) is 11.5 Å². The lowest BCUT2D eigenvalue weighted by molar-refractivity contribution is -0.135. The van der Waals surface area contributed by atoms with Gasteiger partial charge in [0.1, 0.15) is 17.1 Å². The first-order chi connectivity index (χ1) is 14.5. The second-order valence-electron chi connectivity index (χ2n) is 8.15. The summed E-state index contributed by atoms with van der Waals surface area (Å²) in [6, 6.07) is 13.1. The van der Waals surface area contributed by atoms with Crippen LogP contribution < -0.4 is 9.47 Å². The van der Waals surface area contributed by atoms with Gasteiger partial charge >= 0.3 is 0 Å². The molecule has 0 radical (unpaired) electrons. The minimum Gasteiger partial charge on any atom is -0.492 e. The number of hydrogen-bond acceptors (Lipinski definition) is 4. The standard InChI is InChI=1S/C24H26ClNO4/c1-17-8-9-21-18(15-17)20(27)16-24(30-21)10-12-26(13-11-24)23(28)7-4-14-29-22-6-3-2-5-19(22)25/h2-3,5-6,8-9,15H,4,7,10-14,16H2,1H3. The first-order valence-electron chi connectivity index (χ1n) is 10.4. The number of rotatable bonds is 5. The molecule has 0 bridgehead atoms. The highest BCUT2D eigenvalue weighted by atomic mass is 35.5. The molecule has 1 saturated heterocycles. The van der Waals surface area contributed by atoms with E-state index >= 15 is 0 Å². The van der Waals surface area contributed by atoms with Crippen molar-refractivity contribution in [1.82, 2.24) is 4.90 Å². The van der Waals surface area contributed by atoms with Crippen LogP contribution in [0.4, 0.5) is 0 Å². The predicted octanol–water partition coefficient (Wildman–Crippen LogP) is 4.83. The fraction of sp³-hybridized carbons (Fsp3) is 0.417. The Labute approximate surface area is 181 Å². The van der Waals surface area contributed by atoms with Gasteiger partial charge in [0.05, 0.1) is 23.6 Å². The normalized spacial score (nSPS) is 17.4. The maximum absolute atomic E-state index is 12.7. The van der Waals surface area contributed by atoms with Gasteiger partial charge in [0, 0.05) is 32.4 Å². The Morgan fingerprint density at radius 1 is 1.20 bits per heavy atom. The van der Waals surface area contributed by atoms with Gasteiger partial charge in [0.15, 0.2) is 5.78 Å². The Bertz CT molecular complexity index is 950. The lowest BCUT2D eigenvalue weighted by atomic mass is 9.82. The Balaban J connectivity index is 1.26. The number of fused-ring (bicyclic) bond motifs is 1. The molecule has 2 heterocycles. The monoisotopic (exact) mass is 427 g/mol. The first-order valence-corrected chi connectivity index (χ1v) is 10.8. The number of carbonyl (C=O) groups excluding carboxylic acids is 2. The lowest BCUT2D eigenvalue weighted by Gasteiger charge is -2.44. The number of Topliss-reactive ketones (excluding diaryl/α,β-unsaturated/α-hetero) is 1. The molecule has 1 spiro atoms. The highest BCUT2D eigenvalue weighted by Crippen LogP contribution is 2.39. The lowest BCUT2D eigenvalue weighted by Crippen LogP contribution is -2.52. The molecular weight excluding hydrogens is 402 g/mol. The van der Waals surface area contributed by atoms with Crippen molar-refractivity contribution in [2.24, 2.45) is 0 Å². The minimum atomic E-state index is -0.483.